The molecule has 0 radical (unpaired) electrons. The number of hydrogen-bond donors (Lipinski definition) is 1. The van der Waals surface area contributed by atoms with Gasteiger partial charge in [0.05, 0.1) is 24.6 Å². The predicted octanol–water partition coefficient (Wildman–Crippen LogP) is 3.44. The molecule has 0 unspecified atom stereocenters. The number of fused-ring (bicyclic) bond motifs is 3. The van der Waals surface area contributed by atoms with Gasteiger partial charge in [-0.2, -0.15) is 5.26 Å². The molecule has 1 saturated heterocycles. The molecule has 5 rings (SSSR count). The number of halogens is 1. The SMILES string of the molecule is C[C@H](OC(=O)C12CCC(NCC(=O)N3C[C@@H](F)C[C@H]3C#N)(CC1)CC2)c1ccccc1. The lowest BCUT2D eigenvalue weighted by atomic mass is 9.57. The second kappa shape index (κ2) is 8.58. The zero-order chi connectivity index (χ0) is 22.1. The Morgan fingerprint density at radius 2 is 1.87 bits per heavy atom. The van der Waals surface area contributed by atoms with Crippen LogP contribution >= 0.6 is 0 Å². The lowest BCUT2D eigenvalue weighted by Crippen LogP contribution is -2.58. The normalized spacial score (nSPS) is 33.0. The molecule has 4 aliphatic rings. The highest BCUT2D eigenvalue weighted by Crippen LogP contribution is 2.53. The number of rotatable bonds is 6. The number of hydrogen-bond acceptors (Lipinski definition) is 5. The van der Waals surface area contributed by atoms with Crippen molar-refractivity contribution in [3.8, 4) is 6.07 Å². The lowest BCUT2D eigenvalue weighted by molar-refractivity contribution is -0.169. The standard InChI is InChI=1S/C24H30FN3O3/c1-17(18-5-3-2-4-6-18)31-22(30)23-7-10-24(11-8-23,12-9-23)27-15-21(29)28-16-19(25)13-20(28)14-26/h2-6,17,19-20,27H,7-13,15-16H2,1H3/t17-,19-,20-,23?,24?/m0/s1. The fraction of sp³-hybridized carbons (Fsp3) is 0.625. The summed E-state index contributed by atoms with van der Waals surface area (Å²) in [7, 11) is 0. The number of amides is 1. The molecule has 3 atom stereocenters. The molecule has 31 heavy (non-hydrogen) atoms. The second-order valence-corrected chi connectivity index (χ2v) is 9.40. The fourth-order valence-corrected chi connectivity index (χ4v) is 5.38. The number of likely N-dealkylation sites (tertiary alicyclic amines) is 1. The summed E-state index contributed by atoms with van der Waals surface area (Å²) >= 11 is 0. The van der Waals surface area contributed by atoms with Crippen LogP contribution < -0.4 is 5.32 Å². The summed E-state index contributed by atoms with van der Waals surface area (Å²) in [6.45, 7) is 2.01. The van der Waals surface area contributed by atoms with Gasteiger partial charge in [-0.25, -0.2) is 4.39 Å². The van der Waals surface area contributed by atoms with Crippen molar-refractivity contribution in [3.05, 3.63) is 35.9 Å². The van der Waals surface area contributed by atoms with E-state index in [1.165, 1.54) is 4.90 Å². The molecule has 3 aliphatic carbocycles. The fourth-order valence-electron chi connectivity index (χ4n) is 5.38. The summed E-state index contributed by atoms with van der Waals surface area (Å²) in [5.74, 6) is -0.337. The Morgan fingerprint density at radius 3 is 2.48 bits per heavy atom. The highest BCUT2D eigenvalue weighted by molar-refractivity contribution is 5.80. The smallest absolute Gasteiger partial charge is 0.312 e. The van der Waals surface area contributed by atoms with Crippen molar-refractivity contribution < 1.29 is 18.7 Å². The van der Waals surface area contributed by atoms with E-state index in [1.807, 2.05) is 43.3 Å². The van der Waals surface area contributed by atoms with Crippen LogP contribution in [-0.4, -0.2) is 47.6 Å². The monoisotopic (exact) mass is 427 g/mol. The number of benzene rings is 1. The maximum Gasteiger partial charge on any atom is 0.312 e. The molecule has 4 fully saturated rings. The van der Waals surface area contributed by atoms with Crippen LogP contribution in [0, 0.1) is 16.7 Å². The van der Waals surface area contributed by atoms with Crippen LogP contribution in [0.15, 0.2) is 30.3 Å². The molecule has 1 aliphatic heterocycles. The molecule has 6 nitrogen and oxygen atoms in total. The third kappa shape index (κ3) is 4.31. The summed E-state index contributed by atoms with van der Waals surface area (Å²) in [5, 5.41) is 12.6. The van der Waals surface area contributed by atoms with Gasteiger partial charge in [0.1, 0.15) is 18.3 Å². The van der Waals surface area contributed by atoms with Crippen molar-refractivity contribution in [1.29, 1.82) is 5.26 Å². The predicted molar refractivity (Wildman–Crippen MR) is 112 cm³/mol. The van der Waals surface area contributed by atoms with Crippen LogP contribution in [0.3, 0.4) is 0 Å². The zero-order valence-corrected chi connectivity index (χ0v) is 18.0. The number of carbonyl (C=O) groups is 2. The molecule has 1 amide bonds. The van der Waals surface area contributed by atoms with Crippen molar-refractivity contribution in [1.82, 2.24) is 10.2 Å². The van der Waals surface area contributed by atoms with Gasteiger partial charge in [0.2, 0.25) is 5.91 Å². The molecule has 166 valence electrons. The summed E-state index contributed by atoms with van der Waals surface area (Å²) < 4.78 is 19.5. The molecule has 7 heteroatoms. The van der Waals surface area contributed by atoms with Crippen molar-refractivity contribution in [2.45, 2.75) is 75.7 Å². The highest BCUT2D eigenvalue weighted by atomic mass is 19.1. The quantitative estimate of drug-likeness (QED) is 0.704. The molecule has 0 spiro atoms. The Balaban J connectivity index is 1.31. The van der Waals surface area contributed by atoms with Gasteiger partial charge in [0.25, 0.3) is 0 Å². The Labute approximate surface area is 182 Å². The third-order valence-corrected chi connectivity index (χ3v) is 7.57. The minimum absolute atomic E-state index is 0.000288. The van der Waals surface area contributed by atoms with E-state index in [9.17, 15) is 14.0 Å². The number of nitrogens with zero attached hydrogens (tertiary/aromatic N) is 2. The first-order valence-electron chi connectivity index (χ1n) is 11.2. The number of ether oxygens (including phenoxy) is 1. The van der Waals surface area contributed by atoms with Gasteiger partial charge in [0, 0.05) is 12.0 Å². The van der Waals surface area contributed by atoms with Crippen LogP contribution in [0.1, 0.15) is 63.5 Å². The maximum absolute atomic E-state index is 13.6. The molecule has 1 N–H and O–H groups in total. The highest BCUT2D eigenvalue weighted by Gasteiger charge is 2.53. The van der Waals surface area contributed by atoms with Gasteiger partial charge in [-0.1, -0.05) is 30.3 Å². The van der Waals surface area contributed by atoms with Gasteiger partial charge in [-0.15, -0.1) is 0 Å². The van der Waals surface area contributed by atoms with Crippen molar-refractivity contribution in [3.63, 3.8) is 0 Å². The van der Waals surface area contributed by atoms with Gasteiger partial charge in [-0.05, 0) is 51.0 Å². The Morgan fingerprint density at radius 1 is 1.23 bits per heavy atom. The lowest BCUT2D eigenvalue weighted by Gasteiger charge is -2.52. The van der Waals surface area contributed by atoms with Gasteiger partial charge >= 0.3 is 5.97 Å². The minimum atomic E-state index is -1.12. The van der Waals surface area contributed by atoms with Crippen molar-refractivity contribution >= 4 is 11.9 Å². The van der Waals surface area contributed by atoms with Crippen LogP contribution in [-0.2, 0) is 14.3 Å². The van der Waals surface area contributed by atoms with E-state index in [1.54, 1.807) is 0 Å². The summed E-state index contributed by atoms with van der Waals surface area (Å²) in [4.78, 5) is 27.0. The topological polar surface area (TPSA) is 82.4 Å². The first kappa shape index (κ1) is 21.8. The number of carbonyl (C=O) groups excluding carboxylic acids is 2. The van der Waals surface area contributed by atoms with E-state index in [0.717, 1.165) is 44.1 Å². The Bertz CT molecular complexity index is 844. The molecular weight excluding hydrogens is 397 g/mol. The average molecular weight is 428 g/mol. The van der Waals surface area contributed by atoms with E-state index in [2.05, 4.69) is 5.32 Å². The van der Waals surface area contributed by atoms with Crippen molar-refractivity contribution in [2.24, 2.45) is 5.41 Å². The number of esters is 1. The molecule has 1 aromatic rings. The van der Waals surface area contributed by atoms with Crippen LogP contribution in [0.2, 0.25) is 0 Å². The zero-order valence-electron chi connectivity index (χ0n) is 18.0. The largest absolute Gasteiger partial charge is 0.457 e. The number of nitrogens with one attached hydrogen (secondary N) is 1. The van der Waals surface area contributed by atoms with Gasteiger partial charge in [-0.3, -0.25) is 9.59 Å². The second-order valence-electron chi connectivity index (χ2n) is 9.40. The van der Waals surface area contributed by atoms with Crippen LogP contribution in [0.5, 0.6) is 0 Å². The number of alkyl halides is 1. The average Bonchev–Trinajstić information content (AvgIpc) is 3.20. The Kier molecular flexibility index (Phi) is 6.02. The Hall–Kier alpha value is -2.46. The van der Waals surface area contributed by atoms with Gasteiger partial charge in [0.15, 0.2) is 0 Å². The summed E-state index contributed by atoms with van der Waals surface area (Å²) in [6, 6.07) is 11.1. The molecule has 1 heterocycles. The molecule has 2 bridgehead atoms. The molecule has 0 aromatic heterocycles. The first-order valence-corrected chi connectivity index (χ1v) is 11.2. The van der Waals surface area contributed by atoms with Crippen LogP contribution in [0.4, 0.5) is 4.39 Å². The van der Waals surface area contributed by atoms with E-state index < -0.39 is 17.6 Å². The first-order chi connectivity index (χ1) is 14.9. The summed E-state index contributed by atoms with van der Waals surface area (Å²) in [6.07, 6.45) is 3.34. The minimum Gasteiger partial charge on any atom is -0.457 e. The van der Waals surface area contributed by atoms with E-state index in [0.29, 0.717) is 0 Å². The molecule has 1 aromatic carbocycles. The van der Waals surface area contributed by atoms with Gasteiger partial charge < -0.3 is 15.0 Å². The number of nitriles is 1. The van der Waals surface area contributed by atoms with E-state index in [4.69, 9.17) is 10.00 Å². The van der Waals surface area contributed by atoms with Crippen LogP contribution in [0.25, 0.3) is 0 Å². The van der Waals surface area contributed by atoms with E-state index >= 15 is 0 Å². The third-order valence-electron chi connectivity index (χ3n) is 7.57. The van der Waals surface area contributed by atoms with E-state index in [-0.39, 0.29) is 43.0 Å². The molecular formula is C24H30FN3O3. The summed E-state index contributed by atoms with van der Waals surface area (Å²) in [5.41, 5.74) is 0.389. The van der Waals surface area contributed by atoms with Crippen molar-refractivity contribution in [2.75, 3.05) is 13.1 Å². The molecule has 3 saturated carbocycles. The maximum atomic E-state index is 13.6.